The third-order valence-electron chi connectivity index (χ3n) is 3.77. The van der Waals surface area contributed by atoms with Crippen molar-refractivity contribution in [2.45, 2.75) is 19.9 Å². The number of amides is 1. The highest BCUT2D eigenvalue weighted by Gasteiger charge is 2.13. The Morgan fingerprint density at radius 3 is 2.85 bits per heavy atom. The van der Waals surface area contributed by atoms with Crippen LogP contribution >= 0.6 is 39.1 Å². The molecule has 3 rings (SSSR count). The molecule has 1 amide bonds. The van der Waals surface area contributed by atoms with E-state index in [2.05, 4.69) is 36.5 Å². The first kappa shape index (κ1) is 18.9. The van der Waals surface area contributed by atoms with E-state index in [1.165, 1.54) is 0 Å². The molecule has 0 saturated heterocycles. The van der Waals surface area contributed by atoms with Gasteiger partial charge in [0.05, 0.1) is 20.9 Å². The van der Waals surface area contributed by atoms with Gasteiger partial charge in [-0.3, -0.25) is 14.6 Å². The zero-order valence-corrected chi connectivity index (χ0v) is 17.0. The fourth-order valence-corrected chi connectivity index (χ4v) is 3.24. The van der Waals surface area contributed by atoms with Crippen molar-refractivity contribution in [2.75, 3.05) is 6.54 Å². The minimum absolute atomic E-state index is 0.216. The molecule has 0 atom stereocenters. The quantitative estimate of drug-likeness (QED) is 0.537. The summed E-state index contributed by atoms with van der Waals surface area (Å²) in [4.78, 5) is 12.2. The topological polar surface area (TPSA) is 75.6 Å². The van der Waals surface area contributed by atoms with Gasteiger partial charge in [0, 0.05) is 29.9 Å². The number of halogens is 3. The number of hydrogen-bond donors (Lipinski definition) is 2. The Labute approximate surface area is 169 Å². The number of hydrogen-bond acceptors (Lipinski definition) is 3. The van der Waals surface area contributed by atoms with Gasteiger partial charge in [-0.05, 0) is 53.5 Å². The van der Waals surface area contributed by atoms with Gasteiger partial charge in [0.15, 0.2) is 0 Å². The molecule has 0 aliphatic carbocycles. The second kappa shape index (κ2) is 8.24. The molecule has 0 aliphatic rings. The van der Waals surface area contributed by atoms with Crippen LogP contribution in [0, 0.1) is 6.92 Å². The molecule has 0 saturated carbocycles. The molecule has 0 unspecified atom stereocenters. The summed E-state index contributed by atoms with van der Waals surface area (Å²) >= 11 is 15.5. The van der Waals surface area contributed by atoms with E-state index in [1.54, 1.807) is 24.3 Å². The zero-order valence-electron chi connectivity index (χ0n) is 13.9. The number of aryl methyl sites for hydroxylation is 2. The van der Waals surface area contributed by atoms with Crippen LogP contribution in [-0.2, 0) is 6.54 Å². The standard InChI is InChI=1S/C17H16BrCl2N5O/c1-10-13(18)9-25(24-10)6-2-5-21-17(26)16-8-15(22-23-16)12-4-3-11(19)7-14(12)20/h3-4,7-9H,2,5-6H2,1H3,(H,21,26)(H,22,23). The first-order valence-electron chi connectivity index (χ1n) is 7.92. The highest BCUT2D eigenvalue weighted by Crippen LogP contribution is 2.29. The van der Waals surface area contributed by atoms with Crippen LogP contribution in [0.15, 0.2) is 34.9 Å². The molecule has 3 aromatic rings. The van der Waals surface area contributed by atoms with Gasteiger partial charge in [0.2, 0.25) is 0 Å². The highest BCUT2D eigenvalue weighted by atomic mass is 79.9. The van der Waals surface area contributed by atoms with Crippen molar-refractivity contribution in [3.8, 4) is 11.3 Å². The Balaban J connectivity index is 1.54. The molecule has 0 radical (unpaired) electrons. The van der Waals surface area contributed by atoms with E-state index in [0.29, 0.717) is 33.5 Å². The summed E-state index contributed by atoms with van der Waals surface area (Å²) in [6.07, 6.45) is 2.69. The number of carbonyl (C=O) groups is 1. The number of aromatic nitrogens is 4. The fraction of sp³-hybridized carbons (Fsp3) is 0.235. The molecule has 2 heterocycles. The largest absolute Gasteiger partial charge is 0.351 e. The van der Waals surface area contributed by atoms with E-state index >= 15 is 0 Å². The van der Waals surface area contributed by atoms with Crippen molar-refractivity contribution in [2.24, 2.45) is 0 Å². The molecule has 26 heavy (non-hydrogen) atoms. The van der Waals surface area contributed by atoms with E-state index in [0.717, 1.165) is 23.1 Å². The van der Waals surface area contributed by atoms with Crippen LogP contribution < -0.4 is 5.32 Å². The van der Waals surface area contributed by atoms with Crippen LogP contribution in [0.5, 0.6) is 0 Å². The first-order valence-corrected chi connectivity index (χ1v) is 9.47. The molecule has 0 bridgehead atoms. The smallest absolute Gasteiger partial charge is 0.269 e. The lowest BCUT2D eigenvalue weighted by Gasteiger charge is -2.04. The monoisotopic (exact) mass is 455 g/mol. The average Bonchev–Trinajstić information content (AvgIpc) is 3.19. The maximum absolute atomic E-state index is 12.2. The number of nitrogens with one attached hydrogen (secondary N) is 2. The van der Waals surface area contributed by atoms with Gasteiger partial charge in [0.1, 0.15) is 5.69 Å². The maximum Gasteiger partial charge on any atom is 0.269 e. The molecular weight excluding hydrogens is 441 g/mol. The molecule has 9 heteroatoms. The molecule has 0 fully saturated rings. The molecule has 0 aliphatic heterocycles. The second-order valence-corrected chi connectivity index (χ2v) is 7.42. The van der Waals surface area contributed by atoms with E-state index in [-0.39, 0.29) is 5.91 Å². The van der Waals surface area contributed by atoms with Gasteiger partial charge in [-0.15, -0.1) is 0 Å². The van der Waals surface area contributed by atoms with Crippen LogP contribution in [0.1, 0.15) is 22.6 Å². The zero-order chi connectivity index (χ0) is 18.7. The first-order chi connectivity index (χ1) is 12.4. The van der Waals surface area contributed by atoms with Crippen LogP contribution in [-0.4, -0.2) is 32.4 Å². The van der Waals surface area contributed by atoms with Crippen LogP contribution in [0.2, 0.25) is 10.0 Å². The lowest BCUT2D eigenvalue weighted by Crippen LogP contribution is -2.25. The summed E-state index contributed by atoms with van der Waals surface area (Å²) in [6, 6.07) is 6.81. The van der Waals surface area contributed by atoms with Crippen molar-refractivity contribution < 1.29 is 4.79 Å². The Hall–Kier alpha value is -1.83. The van der Waals surface area contributed by atoms with Crippen molar-refractivity contribution in [3.63, 3.8) is 0 Å². The van der Waals surface area contributed by atoms with Gasteiger partial charge in [-0.1, -0.05) is 23.2 Å². The van der Waals surface area contributed by atoms with Gasteiger partial charge in [-0.2, -0.15) is 10.2 Å². The normalized spacial score (nSPS) is 10.9. The van der Waals surface area contributed by atoms with E-state index in [4.69, 9.17) is 23.2 Å². The summed E-state index contributed by atoms with van der Waals surface area (Å²) in [5.41, 5.74) is 2.63. The SMILES string of the molecule is Cc1nn(CCCNC(=O)c2cc(-c3ccc(Cl)cc3Cl)n[nH]2)cc1Br. The lowest BCUT2D eigenvalue weighted by atomic mass is 10.1. The molecule has 2 N–H and O–H groups in total. The summed E-state index contributed by atoms with van der Waals surface area (Å²) in [5, 5.41) is 15.1. The number of rotatable bonds is 6. The number of nitrogens with zero attached hydrogens (tertiary/aromatic N) is 3. The maximum atomic E-state index is 12.2. The summed E-state index contributed by atoms with van der Waals surface area (Å²) in [5.74, 6) is -0.216. The Morgan fingerprint density at radius 2 is 2.15 bits per heavy atom. The van der Waals surface area contributed by atoms with Crippen LogP contribution in [0.25, 0.3) is 11.3 Å². The van der Waals surface area contributed by atoms with E-state index < -0.39 is 0 Å². The molecule has 6 nitrogen and oxygen atoms in total. The van der Waals surface area contributed by atoms with Crippen LogP contribution in [0.4, 0.5) is 0 Å². The number of benzene rings is 1. The molecule has 0 spiro atoms. The highest BCUT2D eigenvalue weighted by molar-refractivity contribution is 9.10. The predicted molar refractivity (Wildman–Crippen MR) is 106 cm³/mol. The number of H-pyrrole nitrogens is 1. The van der Waals surface area contributed by atoms with E-state index in [1.807, 2.05) is 17.8 Å². The summed E-state index contributed by atoms with van der Waals surface area (Å²) in [6.45, 7) is 3.19. The van der Waals surface area contributed by atoms with Crippen molar-refractivity contribution >= 4 is 45.0 Å². The van der Waals surface area contributed by atoms with Gasteiger partial charge in [0.25, 0.3) is 5.91 Å². The Kier molecular flexibility index (Phi) is 6.01. The third kappa shape index (κ3) is 4.47. The van der Waals surface area contributed by atoms with Crippen molar-refractivity contribution in [1.29, 1.82) is 0 Å². The lowest BCUT2D eigenvalue weighted by molar-refractivity contribution is 0.0947. The predicted octanol–water partition coefficient (Wildman–Crippen LogP) is 4.47. The molecule has 136 valence electrons. The minimum atomic E-state index is -0.216. The second-order valence-electron chi connectivity index (χ2n) is 5.73. The molecular formula is C17H16BrCl2N5O. The van der Waals surface area contributed by atoms with Gasteiger partial charge >= 0.3 is 0 Å². The average molecular weight is 457 g/mol. The Morgan fingerprint density at radius 1 is 1.35 bits per heavy atom. The summed E-state index contributed by atoms with van der Waals surface area (Å²) in [7, 11) is 0. The third-order valence-corrected chi connectivity index (χ3v) is 5.09. The Bertz CT molecular complexity index is 918. The number of carbonyl (C=O) groups excluding carboxylic acids is 1. The van der Waals surface area contributed by atoms with Gasteiger partial charge < -0.3 is 5.32 Å². The summed E-state index contributed by atoms with van der Waals surface area (Å²) < 4.78 is 2.83. The van der Waals surface area contributed by atoms with Crippen molar-refractivity contribution in [1.82, 2.24) is 25.3 Å². The van der Waals surface area contributed by atoms with Crippen LogP contribution in [0.3, 0.4) is 0 Å². The van der Waals surface area contributed by atoms with E-state index in [9.17, 15) is 4.79 Å². The molecule has 1 aromatic carbocycles. The molecule has 2 aromatic heterocycles. The van der Waals surface area contributed by atoms with Crippen molar-refractivity contribution in [3.05, 3.63) is 56.4 Å². The minimum Gasteiger partial charge on any atom is -0.351 e. The van der Waals surface area contributed by atoms with Gasteiger partial charge in [-0.25, -0.2) is 0 Å². The number of aromatic amines is 1. The fourth-order valence-electron chi connectivity index (χ4n) is 2.42.